The summed E-state index contributed by atoms with van der Waals surface area (Å²) in [7, 11) is 0.349. The van der Waals surface area contributed by atoms with Gasteiger partial charge < -0.3 is 36.9 Å². The fourth-order valence-electron chi connectivity index (χ4n) is 14.8. The molecule has 0 spiro atoms. The Morgan fingerprint density at radius 2 is 1.15 bits per heavy atom. The molecule has 0 bridgehead atoms. The van der Waals surface area contributed by atoms with Crippen LogP contribution in [-0.2, 0) is 37.8 Å². The van der Waals surface area contributed by atoms with Gasteiger partial charge in [0.15, 0.2) is 0 Å². The van der Waals surface area contributed by atoms with Gasteiger partial charge in [-0.3, -0.25) is 19.4 Å². The maximum atomic E-state index is 16.0. The number of alkyl halides is 6. The highest BCUT2D eigenvalue weighted by atomic mass is 19.4. The number of benzene rings is 7. The second kappa shape index (κ2) is 28.1. The van der Waals surface area contributed by atoms with E-state index in [1.165, 1.54) is 65.1 Å². The molecule has 13 rings (SSSR count). The van der Waals surface area contributed by atoms with Crippen molar-refractivity contribution in [3.8, 4) is 45.2 Å². The molecule has 519 valence electrons. The monoisotopic (exact) mass is 1380 g/mol. The Labute approximate surface area is 576 Å². The van der Waals surface area contributed by atoms with Crippen LogP contribution in [0.15, 0.2) is 157 Å². The Bertz CT molecular complexity index is 5070. The predicted octanol–water partition coefficient (Wildman–Crippen LogP) is 18.3. The fourth-order valence-corrected chi connectivity index (χ4v) is 14.8. The number of hydrogen-bond donors (Lipinski definition) is 0. The van der Waals surface area contributed by atoms with Crippen LogP contribution in [0, 0.1) is 25.7 Å². The van der Waals surface area contributed by atoms with E-state index in [9.17, 15) is 40.7 Å². The second-order valence-electron chi connectivity index (χ2n) is 26.1. The molecule has 1 aliphatic heterocycles. The third-order valence-corrected chi connectivity index (χ3v) is 19.7. The van der Waals surface area contributed by atoms with Gasteiger partial charge in [0.1, 0.15) is 28.4 Å². The van der Waals surface area contributed by atoms with Gasteiger partial charge in [-0.15, -0.1) is 0 Å². The van der Waals surface area contributed by atoms with Crippen LogP contribution in [0.3, 0.4) is 0 Å². The molecule has 4 heterocycles. The van der Waals surface area contributed by atoms with Crippen molar-refractivity contribution in [1.29, 1.82) is 0 Å². The zero-order chi connectivity index (χ0) is 71.3. The topological polar surface area (TPSA) is 167 Å². The lowest BCUT2D eigenvalue weighted by molar-refractivity contribution is -0.138. The maximum Gasteiger partial charge on any atom is 0.495 e. The SMILES string of the molecule is CCOC(=O)C1=C(C)/C(=C(\c2c(OCC3CCCCC3)cc(OC(=O)Cc3ccc(-n4c(=O)c5cc(-c6ccc(C(F)(F)F)cc6)c6oc7ccccc7c7c(-c8ccc(C(F)(F)F)cc8)cc(c4=O)c5c67)cc3)cc2OCC2CCCCC2)c2c(C)c(C(=O)OCC)c(C)n2[B]F)N=C1C. The standard InChI is InChI=1S/C79H70BF7N3O11/c1-7-96-76(94)64-42(3)71(88-44(64)5)70(72-43(4)65(77(95)97-8-2)45(6)90(72)80-87)68-61(98-40-47-17-11-9-12-18-47)36-54(37-62(68)99-41-48-19-13-10-14-20-48)100-63(91)35-46-23-33-53(34-24-46)89-74(92)58-38-56(49-25-29-51(30-26-49)78(81,82)83)66-55-21-15-16-22-60(55)101-73-57(39-59(75(89)93)67(58)69(66)73)50-27-31-52(32-28-50)79(84,85)86/h15-16,21-34,36-39,47-48H,7-14,17-20,35,40-41H2,1-6H3/b71-70-. The Balaban J connectivity index is 0.932. The summed E-state index contributed by atoms with van der Waals surface area (Å²) in [6.07, 6.45) is -0.114. The Morgan fingerprint density at radius 1 is 0.614 bits per heavy atom. The van der Waals surface area contributed by atoms with E-state index in [2.05, 4.69) is 0 Å². The highest BCUT2D eigenvalue weighted by molar-refractivity contribution is 6.32. The summed E-state index contributed by atoms with van der Waals surface area (Å²) in [5, 5.41) is 1.24. The number of pyridine rings is 1. The van der Waals surface area contributed by atoms with Crippen molar-refractivity contribution in [3.63, 3.8) is 0 Å². The molecule has 0 atom stereocenters. The number of nitrogens with zero attached hydrogens (tertiary/aromatic N) is 3. The average Bonchev–Trinajstić information content (AvgIpc) is 1.39. The van der Waals surface area contributed by atoms with Gasteiger partial charge in [-0.1, -0.05) is 93.1 Å². The molecule has 0 unspecified atom stereocenters. The lowest BCUT2D eigenvalue weighted by atomic mass is 9.87. The zero-order valence-corrected chi connectivity index (χ0v) is 56.4. The summed E-state index contributed by atoms with van der Waals surface area (Å²) in [6.45, 7) is 10.6. The molecule has 1 radical (unpaired) electrons. The Hall–Kier alpha value is -10.2. The number of carbonyl (C=O) groups excluding carboxylic acids is 3. The highest BCUT2D eigenvalue weighted by Crippen LogP contribution is 2.51. The molecule has 3 aliphatic rings. The molecule has 10 aromatic rings. The molecule has 2 fully saturated rings. The van der Waals surface area contributed by atoms with E-state index in [4.69, 9.17) is 33.1 Å². The van der Waals surface area contributed by atoms with Gasteiger partial charge in [0.2, 0.25) is 0 Å². The summed E-state index contributed by atoms with van der Waals surface area (Å²) in [6, 6.07) is 27.6. The summed E-state index contributed by atoms with van der Waals surface area (Å²) in [5.41, 5.74) is 0.910. The second-order valence-corrected chi connectivity index (χ2v) is 26.1. The van der Waals surface area contributed by atoms with Crippen LogP contribution < -0.4 is 25.3 Å². The number of aliphatic imine (C=N–C) groups is 1. The van der Waals surface area contributed by atoms with E-state index in [0.29, 0.717) is 52.0 Å². The normalized spacial score (nSPS) is 15.4. The molecule has 22 heteroatoms. The number of ether oxygens (including phenoxy) is 5. The van der Waals surface area contributed by atoms with Crippen LogP contribution >= 0.6 is 0 Å². The van der Waals surface area contributed by atoms with Gasteiger partial charge in [0.05, 0.1) is 77.8 Å². The molecule has 0 saturated heterocycles. The third-order valence-electron chi connectivity index (χ3n) is 19.7. The number of carbonyl (C=O) groups is 3. The first-order chi connectivity index (χ1) is 48.5. The molecule has 2 aliphatic carbocycles. The molecule has 0 amide bonds. The van der Waals surface area contributed by atoms with Gasteiger partial charge in [0.25, 0.3) is 11.1 Å². The van der Waals surface area contributed by atoms with E-state index >= 15 is 13.9 Å². The van der Waals surface area contributed by atoms with E-state index in [1.54, 1.807) is 77.9 Å². The first kappa shape index (κ1) is 69.2. The van der Waals surface area contributed by atoms with E-state index in [0.717, 1.165) is 93.0 Å². The Kier molecular flexibility index (Phi) is 19.2. The van der Waals surface area contributed by atoms with Crippen LogP contribution in [0.25, 0.3) is 77.0 Å². The van der Waals surface area contributed by atoms with Crippen LogP contribution in [0.2, 0.25) is 0 Å². The smallest absolute Gasteiger partial charge is 0.492 e. The molecular weight excluding hydrogens is 1310 g/mol. The van der Waals surface area contributed by atoms with Crippen LogP contribution in [-0.4, -0.2) is 66.8 Å². The minimum absolute atomic E-state index is 0.0127. The minimum Gasteiger partial charge on any atom is -0.492 e. The molecule has 3 aromatic heterocycles. The van der Waals surface area contributed by atoms with E-state index in [1.807, 2.05) is 0 Å². The van der Waals surface area contributed by atoms with Crippen molar-refractivity contribution in [2.45, 2.75) is 125 Å². The number of halogens is 7. The summed E-state index contributed by atoms with van der Waals surface area (Å²) < 4.78 is 140. The van der Waals surface area contributed by atoms with Crippen LogP contribution in [0.5, 0.6) is 17.2 Å². The first-order valence-electron chi connectivity index (χ1n) is 33.9. The fraction of sp³-hybridized carbons (Fsp3) is 0.316. The van der Waals surface area contributed by atoms with Gasteiger partial charge in [-0.25, -0.2) is 14.2 Å². The van der Waals surface area contributed by atoms with E-state index in [-0.39, 0.29) is 151 Å². The number of allylic oxidation sites excluding steroid dienone is 1. The molecule has 101 heavy (non-hydrogen) atoms. The van der Waals surface area contributed by atoms with Crippen LogP contribution in [0.1, 0.15) is 141 Å². The van der Waals surface area contributed by atoms with Gasteiger partial charge in [0, 0.05) is 67.0 Å². The van der Waals surface area contributed by atoms with Gasteiger partial charge >= 0.3 is 38.0 Å². The first-order valence-corrected chi connectivity index (χ1v) is 33.9. The number of esters is 3. The molecule has 7 aromatic carbocycles. The quantitative estimate of drug-likeness (QED) is 0.0189. The lowest BCUT2D eigenvalue weighted by Crippen LogP contribution is -2.32. The number of para-hydroxylation sites is 1. The zero-order valence-electron chi connectivity index (χ0n) is 56.4. The third kappa shape index (κ3) is 13.2. The average molecular weight is 1380 g/mol. The number of hydrogen-bond acceptors (Lipinski definition) is 12. The lowest BCUT2D eigenvalue weighted by Gasteiger charge is -2.27. The van der Waals surface area contributed by atoms with Crippen molar-refractivity contribution < 1.29 is 73.1 Å². The largest absolute Gasteiger partial charge is 0.495 e. The van der Waals surface area contributed by atoms with Crippen LogP contribution in [0.4, 0.5) is 30.7 Å². The van der Waals surface area contributed by atoms with Crippen molar-refractivity contribution in [3.05, 3.63) is 204 Å². The molecular formula is C79H70BF7N3O11. The molecule has 2 saturated carbocycles. The minimum atomic E-state index is -4.69. The number of rotatable bonds is 19. The maximum absolute atomic E-state index is 16.0. The van der Waals surface area contributed by atoms with Crippen molar-refractivity contribution in [2.24, 2.45) is 16.8 Å². The number of aromatic nitrogens is 2. The molecule has 14 nitrogen and oxygen atoms in total. The summed E-state index contributed by atoms with van der Waals surface area (Å²) in [5.74, 6) is -1.45. The predicted molar refractivity (Wildman–Crippen MR) is 373 cm³/mol. The summed E-state index contributed by atoms with van der Waals surface area (Å²) >= 11 is 0. The highest BCUT2D eigenvalue weighted by Gasteiger charge is 2.38. The van der Waals surface area contributed by atoms with Gasteiger partial charge in [-0.05, 0) is 167 Å². The number of fused-ring (bicyclic) bond motifs is 2. The molecule has 0 N–H and O–H groups in total. The summed E-state index contributed by atoms with van der Waals surface area (Å²) in [4.78, 5) is 77.9. The van der Waals surface area contributed by atoms with Crippen molar-refractivity contribution >= 4 is 80.4 Å². The van der Waals surface area contributed by atoms with Crippen molar-refractivity contribution in [1.82, 2.24) is 9.05 Å². The van der Waals surface area contributed by atoms with E-state index < -0.39 is 52.5 Å². The van der Waals surface area contributed by atoms with Crippen molar-refractivity contribution in [2.75, 3.05) is 26.4 Å². The van der Waals surface area contributed by atoms with Gasteiger partial charge in [-0.2, -0.15) is 26.3 Å². The Morgan fingerprint density at radius 3 is 1.69 bits per heavy atom.